The van der Waals surface area contributed by atoms with Gasteiger partial charge in [-0.15, -0.1) is 0 Å². The third-order valence-electron chi connectivity index (χ3n) is 1.24. The highest BCUT2D eigenvalue weighted by Crippen LogP contribution is 2.30. The van der Waals surface area contributed by atoms with Crippen LogP contribution in [0.15, 0.2) is 30.3 Å². The van der Waals surface area contributed by atoms with Crippen molar-refractivity contribution in [3.8, 4) is 0 Å². The summed E-state index contributed by atoms with van der Waals surface area (Å²) >= 11 is 7.20. The molecule has 0 aliphatic rings. The summed E-state index contributed by atoms with van der Waals surface area (Å²) in [6.45, 7) is 0. The number of hydrogen-bond donors (Lipinski definition) is 0. The van der Waals surface area contributed by atoms with Crippen LogP contribution in [0.3, 0.4) is 0 Å². The summed E-state index contributed by atoms with van der Waals surface area (Å²) in [6, 6.07) is 7.19. The standard InChI is InChI=1S/C8H4BrFI2/c9-6-3-1-2-5(4-6)7(10)8(11)12/h1-4H. The van der Waals surface area contributed by atoms with Crippen molar-refractivity contribution in [2.45, 2.75) is 0 Å². The van der Waals surface area contributed by atoms with Gasteiger partial charge in [0.25, 0.3) is 0 Å². The first-order chi connectivity index (χ1) is 5.61. The monoisotopic (exact) mass is 452 g/mol. The summed E-state index contributed by atoms with van der Waals surface area (Å²) in [4.78, 5) is 0. The molecule has 0 bridgehead atoms. The van der Waals surface area contributed by atoms with Crippen LogP contribution in [0.1, 0.15) is 5.56 Å². The molecule has 0 aliphatic heterocycles. The summed E-state index contributed by atoms with van der Waals surface area (Å²) in [5.41, 5.74) is 0.614. The van der Waals surface area contributed by atoms with E-state index in [2.05, 4.69) is 15.9 Å². The Hall–Kier alpha value is 0.830. The highest BCUT2D eigenvalue weighted by Gasteiger charge is 2.03. The van der Waals surface area contributed by atoms with E-state index < -0.39 is 0 Å². The maximum Gasteiger partial charge on any atom is 0.149 e. The third kappa shape index (κ3) is 2.95. The minimum Gasteiger partial charge on any atom is -0.205 e. The zero-order valence-electron chi connectivity index (χ0n) is 5.82. The van der Waals surface area contributed by atoms with Gasteiger partial charge in [-0.1, -0.05) is 28.1 Å². The van der Waals surface area contributed by atoms with Crippen LogP contribution in [0.25, 0.3) is 5.83 Å². The number of halogens is 4. The molecule has 0 saturated carbocycles. The molecule has 0 amide bonds. The number of benzene rings is 1. The zero-order valence-corrected chi connectivity index (χ0v) is 11.7. The topological polar surface area (TPSA) is 0 Å². The molecule has 1 aromatic carbocycles. The van der Waals surface area contributed by atoms with Gasteiger partial charge in [0, 0.05) is 10.0 Å². The zero-order chi connectivity index (χ0) is 9.14. The quantitative estimate of drug-likeness (QED) is 0.531. The van der Waals surface area contributed by atoms with Crippen LogP contribution in [-0.4, -0.2) is 0 Å². The van der Waals surface area contributed by atoms with Crippen LogP contribution < -0.4 is 0 Å². The van der Waals surface area contributed by atoms with Gasteiger partial charge < -0.3 is 0 Å². The Morgan fingerprint density at radius 3 is 2.50 bits per heavy atom. The molecule has 0 heterocycles. The molecule has 0 nitrogen and oxygen atoms in total. The normalized spacial score (nSPS) is 9.67. The Labute approximate surface area is 106 Å². The summed E-state index contributed by atoms with van der Waals surface area (Å²) in [6.07, 6.45) is 0. The highest BCUT2D eigenvalue weighted by atomic mass is 127. The van der Waals surface area contributed by atoms with Crippen LogP contribution in [0.4, 0.5) is 4.39 Å². The predicted octanol–water partition coefficient (Wildman–Crippen LogP) is 4.91. The van der Waals surface area contributed by atoms with E-state index in [1.54, 1.807) is 12.1 Å². The second kappa shape index (κ2) is 4.90. The van der Waals surface area contributed by atoms with Crippen LogP contribution in [0.5, 0.6) is 0 Å². The molecule has 0 atom stereocenters. The number of hydrogen-bond acceptors (Lipinski definition) is 0. The Morgan fingerprint density at radius 1 is 1.33 bits per heavy atom. The number of rotatable bonds is 1. The maximum absolute atomic E-state index is 13.3. The van der Waals surface area contributed by atoms with Gasteiger partial charge in [-0.2, -0.15) is 0 Å². The molecule has 0 aromatic heterocycles. The van der Waals surface area contributed by atoms with Gasteiger partial charge in [-0.05, 0) is 57.3 Å². The van der Waals surface area contributed by atoms with E-state index in [4.69, 9.17) is 0 Å². The Balaban J connectivity index is 3.13. The SMILES string of the molecule is FC(=C(I)I)c1cccc(Br)c1. The second-order valence-electron chi connectivity index (χ2n) is 2.08. The fraction of sp³-hybridized carbons (Fsp3) is 0. The van der Waals surface area contributed by atoms with Gasteiger partial charge in [0.15, 0.2) is 0 Å². The summed E-state index contributed by atoms with van der Waals surface area (Å²) in [5.74, 6) is -0.169. The molecule has 64 valence electrons. The molecule has 0 radical (unpaired) electrons. The van der Waals surface area contributed by atoms with E-state index in [1.165, 1.54) is 0 Å². The smallest absolute Gasteiger partial charge is 0.149 e. The van der Waals surface area contributed by atoms with Gasteiger partial charge in [-0.25, -0.2) is 4.39 Å². The van der Waals surface area contributed by atoms with E-state index >= 15 is 0 Å². The minimum atomic E-state index is -0.169. The van der Waals surface area contributed by atoms with E-state index in [9.17, 15) is 4.39 Å². The van der Waals surface area contributed by atoms with Crippen molar-refractivity contribution in [3.63, 3.8) is 0 Å². The molecule has 0 spiro atoms. The van der Waals surface area contributed by atoms with Crippen molar-refractivity contribution in [1.82, 2.24) is 0 Å². The molecule has 0 aliphatic carbocycles. The van der Waals surface area contributed by atoms with Crippen LogP contribution in [-0.2, 0) is 0 Å². The third-order valence-corrected chi connectivity index (χ3v) is 2.68. The van der Waals surface area contributed by atoms with Gasteiger partial charge in [0.2, 0.25) is 0 Å². The van der Waals surface area contributed by atoms with Crippen LogP contribution in [0, 0.1) is 0 Å². The lowest BCUT2D eigenvalue weighted by molar-refractivity contribution is 0.762. The van der Waals surface area contributed by atoms with E-state index in [0.29, 0.717) is 7.15 Å². The van der Waals surface area contributed by atoms with Crippen LogP contribution in [0.2, 0.25) is 0 Å². The molecular weight excluding hydrogens is 449 g/mol. The van der Waals surface area contributed by atoms with E-state index in [1.807, 2.05) is 57.3 Å². The largest absolute Gasteiger partial charge is 0.205 e. The van der Waals surface area contributed by atoms with E-state index in [0.717, 1.165) is 4.47 Å². The molecule has 0 fully saturated rings. The van der Waals surface area contributed by atoms with E-state index in [-0.39, 0.29) is 5.83 Å². The maximum atomic E-state index is 13.3. The molecule has 0 saturated heterocycles. The second-order valence-corrected chi connectivity index (χ2v) is 7.22. The van der Waals surface area contributed by atoms with Crippen molar-refractivity contribution in [2.24, 2.45) is 0 Å². The van der Waals surface area contributed by atoms with Crippen molar-refractivity contribution >= 4 is 66.9 Å². The lowest BCUT2D eigenvalue weighted by Crippen LogP contribution is -1.77. The molecule has 1 rings (SSSR count). The average Bonchev–Trinajstić information content (AvgIpc) is 2.03. The first-order valence-corrected chi connectivity index (χ1v) is 6.03. The molecule has 0 N–H and O–H groups in total. The minimum absolute atomic E-state index is 0.169. The lowest BCUT2D eigenvalue weighted by atomic mass is 10.2. The van der Waals surface area contributed by atoms with Gasteiger partial charge >= 0.3 is 0 Å². The summed E-state index contributed by atoms with van der Waals surface area (Å²) in [7, 11) is 0. The fourth-order valence-corrected chi connectivity index (χ4v) is 1.76. The molecule has 1 aromatic rings. The first kappa shape index (κ1) is 10.9. The Morgan fingerprint density at radius 2 is 2.00 bits per heavy atom. The molecule has 12 heavy (non-hydrogen) atoms. The first-order valence-electron chi connectivity index (χ1n) is 3.08. The Bertz CT molecular complexity index is 319. The highest BCUT2D eigenvalue weighted by molar-refractivity contribution is 14.2. The molecule has 0 unspecified atom stereocenters. The summed E-state index contributed by atoms with van der Waals surface area (Å²) < 4.78 is 14.8. The molecule has 4 heteroatoms. The van der Waals surface area contributed by atoms with Gasteiger partial charge in [-0.3, -0.25) is 0 Å². The average molecular weight is 453 g/mol. The van der Waals surface area contributed by atoms with Gasteiger partial charge in [0.05, 0.1) is 1.59 Å². The van der Waals surface area contributed by atoms with Crippen molar-refractivity contribution in [2.75, 3.05) is 0 Å². The van der Waals surface area contributed by atoms with Crippen molar-refractivity contribution < 1.29 is 4.39 Å². The lowest BCUT2D eigenvalue weighted by Gasteiger charge is -1.98. The van der Waals surface area contributed by atoms with Gasteiger partial charge in [0.1, 0.15) is 5.83 Å². The Kier molecular flexibility index (Phi) is 4.45. The van der Waals surface area contributed by atoms with Crippen molar-refractivity contribution in [1.29, 1.82) is 0 Å². The fourth-order valence-electron chi connectivity index (χ4n) is 0.734. The predicted molar refractivity (Wildman–Crippen MR) is 70.2 cm³/mol. The van der Waals surface area contributed by atoms with Crippen LogP contribution >= 0.6 is 61.1 Å². The molecular formula is C8H4BrFI2. The van der Waals surface area contributed by atoms with Crippen molar-refractivity contribution in [3.05, 3.63) is 35.9 Å². The summed E-state index contributed by atoms with van der Waals surface area (Å²) in [5, 5.41) is 0.